The van der Waals surface area contributed by atoms with E-state index in [1.807, 2.05) is 6.07 Å². The average molecular weight is 363 g/mol. The van der Waals surface area contributed by atoms with Gasteiger partial charge >= 0.3 is 0 Å². The van der Waals surface area contributed by atoms with E-state index >= 15 is 0 Å². The first-order chi connectivity index (χ1) is 8.20. The van der Waals surface area contributed by atoms with Crippen LogP contribution in [0.1, 0.15) is 37.3 Å². The highest BCUT2D eigenvalue weighted by Gasteiger charge is 2.20. The van der Waals surface area contributed by atoms with Crippen molar-refractivity contribution in [1.82, 2.24) is 5.32 Å². The van der Waals surface area contributed by atoms with Crippen LogP contribution in [-0.4, -0.2) is 17.8 Å². The van der Waals surface area contributed by atoms with Gasteiger partial charge in [0.2, 0.25) is 0 Å². The molecule has 1 aliphatic rings. The lowest BCUT2D eigenvalue weighted by Gasteiger charge is -2.21. The zero-order chi connectivity index (χ0) is 12.3. The monoisotopic (exact) mass is 361 g/mol. The molecule has 0 radical (unpaired) electrons. The second-order valence-electron chi connectivity index (χ2n) is 4.56. The van der Waals surface area contributed by atoms with Gasteiger partial charge < -0.3 is 10.4 Å². The third-order valence-corrected chi connectivity index (χ3v) is 5.20. The number of nitrogens with one attached hydrogen (secondary N) is 1. The SMILES string of the molecule is OCC(NC1CCCC1)c1ccc(Br)c(Br)c1. The molecule has 0 amide bonds. The Morgan fingerprint density at radius 3 is 2.53 bits per heavy atom. The molecule has 0 aromatic heterocycles. The van der Waals surface area contributed by atoms with Crippen LogP contribution in [0.15, 0.2) is 27.1 Å². The summed E-state index contributed by atoms with van der Waals surface area (Å²) < 4.78 is 2.07. The average Bonchev–Trinajstić information content (AvgIpc) is 2.82. The maximum absolute atomic E-state index is 9.51. The second kappa shape index (κ2) is 6.32. The van der Waals surface area contributed by atoms with Crippen molar-refractivity contribution in [2.45, 2.75) is 37.8 Å². The molecule has 4 heteroatoms. The van der Waals surface area contributed by atoms with E-state index in [4.69, 9.17) is 0 Å². The highest BCUT2D eigenvalue weighted by molar-refractivity contribution is 9.13. The number of aliphatic hydroxyl groups is 1. The van der Waals surface area contributed by atoms with Crippen LogP contribution < -0.4 is 5.32 Å². The zero-order valence-electron chi connectivity index (χ0n) is 9.63. The Morgan fingerprint density at radius 2 is 1.94 bits per heavy atom. The summed E-state index contributed by atoms with van der Waals surface area (Å²) in [5, 5.41) is 13.1. The van der Waals surface area contributed by atoms with Crippen molar-refractivity contribution in [3.8, 4) is 0 Å². The molecule has 1 aliphatic carbocycles. The molecule has 1 atom stereocenters. The lowest BCUT2D eigenvalue weighted by atomic mass is 10.1. The summed E-state index contributed by atoms with van der Waals surface area (Å²) >= 11 is 6.96. The van der Waals surface area contributed by atoms with Crippen LogP contribution >= 0.6 is 31.9 Å². The second-order valence-corrected chi connectivity index (χ2v) is 6.27. The summed E-state index contributed by atoms with van der Waals surface area (Å²) in [5.74, 6) is 0. The van der Waals surface area contributed by atoms with Crippen LogP contribution in [0.4, 0.5) is 0 Å². The van der Waals surface area contributed by atoms with Gasteiger partial charge in [-0.05, 0) is 62.4 Å². The molecule has 1 fully saturated rings. The Hall–Kier alpha value is 0.1000. The van der Waals surface area contributed by atoms with Gasteiger partial charge in [0.25, 0.3) is 0 Å². The van der Waals surface area contributed by atoms with Crippen molar-refractivity contribution >= 4 is 31.9 Å². The maximum atomic E-state index is 9.51. The van der Waals surface area contributed by atoms with Crippen LogP contribution in [0.25, 0.3) is 0 Å². The summed E-state index contributed by atoms with van der Waals surface area (Å²) in [7, 11) is 0. The number of hydrogen-bond donors (Lipinski definition) is 2. The van der Waals surface area contributed by atoms with Gasteiger partial charge in [-0.15, -0.1) is 0 Å². The molecular formula is C13H17Br2NO. The van der Waals surface area contributed by atoms with E-state index in [0.717, 1.165) is 14.5 Å². The largest absolute Gasteiger partial charge is 0.394 e. The maximum Gasteiger partial charge on any atom is 0.0626 e. The molecular weight excluding hydrogens is 346 g/mol. The smallest absolute Gasteiger partial charge is 0.0626 e. The van der Waals surface area contributed by atoms with E-state index in [1.165, 1.54) is 25.7 Å². The predicted octanol–water partition coefficient (Wildman–Crippen LogP) is 3.78. The molecule has 2 rings (SSSR count). The van der Waals surface area contributed by atoms with Crippen molar-refractivity contribution in [3.63, 3.8) is 0 Å². The Balaban J connectivity index is 2.08. The molecule has 1 unspecified atom stereocenters. The Kier molecular flexibility index (Phi) is 5.03. The molecule has 2 nitrogen and oxygen atoms in total. The van der Waals surface area contributed by atoms with Crippen LogP contribution in [0, 0.1) is 0 Å². The molecule has 0 spiro atoms. The quantitative estimate of drug-likeness (QED) is 0.854. The molecule has 0 saturated heterocycles. The normalized spacial score (nSPS) is 18.5. The van der Waals surface area contributed by atoms with E-state index in [1.54, 1.807) is 0 Å². The Morgan fingerprint density at radius 1 is 1.24 bits per heavy atom. The number of rotatable bonds is 4. The molecule has 2 N–H and O–H groups in total. The number of benzene rings is 1. The van der Waals surface area contributed by atoms with Crippen molar-refractivity contribution in [3.05, 3.63) is 32.7 Å². The third kappa shape index (κ3) is 3.53. The summed E-state index contributed by atoms with van der Waals surface area (Å²) in [6.07, 6.45) is 5.07. The lowest BCUT2D eigenvalue weighted by Crippen LogP contribution is -2.32. The fourth-order valence-corrected chi connectivity index (χ4v) is 3.00. The Bertz CT molecular complexity index is 378. The van der Waals surface area contributed by atoms with E-state index in [0.29, 0.717) is 6.04 Å². The van der Waals surface area contributed by atoms with Gasteiger partial charge in [0, 0.05) is 15.0 Å². The third-order valence-electron chi connectivity index (χ3n) is 3.32. The van der Waals surface area contributed by atoms with Crippen LogP contribution in [0.2, 0.25) is 0 Å². The van der Waals surface area contributed by atoms with Crippen molar-refractivity contribution in [2.75, 3.05) is 6.61 Å². The Labute approximate surface area is 119 Å². The minimum Gasteiger partial charge on any atom is -0.394 e. The van der Waals surface area contributed by atoms with Gasteiger partial charge in [0.15, 0.2) is 0 Å². The molecule has 0 bridgehead atoms. The van der Waals surface area contributed by atoms with Gasteiger partial charge in [-0.2, -0.15) is 0 Å². The fourth-order valence-electron chi connectivity index (χ4n) is 2.36. The molecule has 94 valence electrons. The minimum atomic E-state index is 0.0440. The minimum absolute atomic E-state index is 0.0440. The van der Waals surface area contributed by atoms with E-state index in [2.05, 4.69) is 49.3 Å². The van der Waals surface area contributed by atoms with Gasteiger partial charge in [0.05, 0.1) is 12.6 Å². The van der Waals surface area contributed by atoms with Crippen molar-refractivity contribution in [1.29, 1.82) is 0 Å². The first kappa shape index (κ1) is 13.5. The van der Waals surface area contributed by atoms with Gasteiger partial charge in [-0.1, -0.05) is 18.9 Å². The molecule has 17 heavy (non-hydrogen) atoms. The molecule has 1 aromatic rings. The summed E-state index contributed by atoms with van der Waals surface area (Å²) in [5.41, 5.74) is 1.13. The lowest BCUT2D eigenvalue weighted by molar-refractivity contribution is 0.233. The van der Waals surface area contributed by atoms with E-state index in [9.17, 15) is 5.11 Å². The van der Waals surface area contributed by atoms with Gasteiger partial charge in [-0.25, -0.2) is 0 Å². The first-order valence-corrected chi connectivity index (χ1v) is 7.61. The number of hydrogen-bond acceptors (Lipinski definition) is 2. The molecule has 0 aliphatic heterocycles. The standard InChI is InChI=1S/C13H17Br2NO/c14-11-6-5-9(7-12(11)15)13(8-17)16-10-3-1-2-4-10/h5-7,10,13,16-17H,1-4,8H2. The van der Waals surface area contributed by atoms with Crippen LogP contribution in [0.3, 0.4) is 0 Å². The summed E-state index contributed by atoms with van der Waals surface area (Å²) in [4.78, 5) is 0. The highest BCUT2D eigenvalue weighted by Crippen LogP contribution is 2.28. The first-order valence-electron chi connectivity index (χ1n) is 6.02. The zero-order valence-corrected chi connectivity index (χ0v) is 12.8. The number of aliphatic hydroxyl groups excluding tert-OH is 1. The topological polar surface area (TPSA) is 32.3 Å². The van der Waals surface area contributed by atoms with Crippen LogP contribution in [0.5, 0.6) is 0 Å². The summed E-state index contributed by atoms with van der Waals surface area (Å²) in [6.45, 7) is 0.143. The molecule has 0 heterocycles. The summed E-state index contributed by atoms with van der Waals surface area (Å²) in [6, 6.07) is 6.74. The van der Waals surface area contributed by atoms with Crippen molar-refractivity contribution < 1.29 is 5.11 Å². The van der Waals surface area contributed by atoms with E-state index < -0.39 is 0 Å². The highest BCUT2D eigenvalue weighted by atomic mass is 79.9. The van der Waals surface area contributed by atoms with Crippen LogP contribution in [-0.2, 0) is 0 Å². The van der Waals surface area contributed by atoms with Crippen molar-refractivity contribution in [2.24, 2.45) is 0 Å². The molecule has 1 saturated carbocycles. The number of halogens is 2. The predicted molar refractivity (Wildman–Crippen MR) is 77.1 cm³/mol. The van der Waals surface area contributed by atoms with Gasteiger partial charge in [0.1, 0.15) is 0 Å². The fraction of sp³-hybridized carbons (Fsp3) is 0.538. The van der Waals surface area contributed by atoms with Gasteiger partial charge in [-0.3, -0.25) is 0 Å². The molecule has 1 aromatic carbocycles. The van der Waals surface area contributed by atoms with E-state index in [-0.39, 0.29) is 12.6 Å².